The van der Waals surface area contributed by atoms with Crippen LogP contribution in [0.5, 0.6) is 0 Å². The van der Waals surface area contributed by atoms with Crippen LogP contribution >= 0.6 is 72.8 Å². The molecule has 0 unspecified atom stereocenters. The number of carboxylic acid groups (broad SMARTS) is 2. The van der Waals surface area contributed by atoms with Gasteiger partial charge in [-0.1, -0.05) is 0 Å². The zero-order valence-electron chi connectivity index (χ0n) is 6.51. The lowest BCUT2D eigenvalue weighted by Crippen LogP contribution is -1.92. The molecule has 0 fully saturated rings. The van der Waals surface area contributed by atoms with Crippen molar-refractivity contribution in [3.63, 3.8) is 0 Å². The summed E-state index contributed by atoms with van der Waals surface area (Å²) in [6, 6.07) is 0. The molecule has 0 aromatic carbocycles. The fourth-order valence-electron chi connectivity index (χ4n) is 0. The third kappa shape index (κ3) is 79.0. The monoisotopic (exact) mass is 332 g/mol. The Bertz CT molecular complexity index is 106. The van der Waals surface area contributed by atoms with E-state index in [9.17, 15) is 9.59 Å². The fraction of sp³-hybridized carbons (Fsp3) is 0.500. The van der Waals surface area contributed by atoms with Crippen LogP contribution in [0.3, 0.4) is 0 Å². The Kier molecular flexibility index (Phi) is 76.0. The molecule has 14 heavy (non-hydrogen) atoms. The van der Waals surface area contributed by atoms with E-state index in [1.165, 1.54) is 0 Å². The molecule has 0 atom stereocenters. The van der Waals surface area contributed by atoms with Crippen LogP contribution in [0.25, 0.3) is 0 Å². The summed E-state index contributed by atoms with van der Waals surface area (Å²) in [6.07, 6.45) is 0. The molecule has 0 spiro atoms. The van der Waals surface area contributed by atoms with E-state index in [0.29, 0.717) is 0 Å². The van der Waals surface area contributed by atoms with Crippen LogP contribution < -0.4 is 0 Å². The molecule has 0 saturated carbocycles. The molecule has 0 aromatic heterocycles. The summed E-state index contributed by atoms with van der Waals surface area (Å²) in [5, 5.41) is 15.2. The molecular formula is C4H10Cl6O4. The van der Waals surface area contributed by atoms with Gasteiger partial charge < -0.3 is 10.2 Å². The van der Waals surface area contributed by atoms with Crippen LogP contribution in [0, 0.1) is 0 Å². The smallest absolute Gasteiger partial charge is 0.318 e. The van der Waals surface area contributed by atoms with Gasteiger partial charge in [-0.3, -0.25) is 9.59 Å². The van der Waals surface area contributed by atoms with Crippen molar-refractivity contribution < 1.29 is 19.8 Å². The van der Waals surface area contributed by atoms with Gasteiger partial charge in [-0.15, -0.1) is 72.8 Å². The van der Waals surface area contributed by atoms with Gasteiger partial charge in [-0.2, -0.15) is 0 Å². The van der Waals surface area contributed by atoms with Crippen LogP contribution in [-0.4, -0.2) is 33.9 Å². The topological polar surface area (TPSA) is 74.6 Å². The number of hydrogen-bond donors (Lipinski definition) is 2. The van der Waals surface area contributed by atoms with Gasteiger partial charge in [0.25, 0.3) is 0 Å². The van der Waals surface area contributed by atoms with E-state index in [-0.39, 0.29) is 61.4 Å². The second kappa shape index (κ2) is 29.2. The molecule has 0 rings (SSSR count). The highest BCUT2D eigenvalue weighted by molar-refractivity contribution is 6.26. The molecule has 0 aromatic rings. The summed E-state index contributed by atoms with van der Waals surface area (Å²) in [4.78, 5) is 18.5. The Morgan fingerprint density at radius 1 is 0.786 bits per heavy atom. The second-order valence-electron chi connectivity index (χ2n) is 1.05. The van der Waals surface area contributed by atoms with Gasteiger partial charge in [0.2, 0.25) is 0 Å². The number of carbonyl (C=O) groups is 2. The van der Waals surface area contributed by atoms with Crippen LogP contribution in [-0.2, 0) is 9.59 Å². The van der Waals surface area contributed by atoms with E-state index >= 15 is 0 Å². The number of aliphatic carboxylic acids is 2. The average molecular weight is 335 g/mol. The maximum atomic E-state index is 9.24. The molecule has 4 nitrogen and oxygen atoms in total. The number of carboxylic acids is 2. The molecule has 0 heterocycles. The summed E-state index contributed by atoms with van der Waals surface area (Å²) in [5.41, 5.74) is 0. The standard InChI is InChI=1S/2C2H3ClO2.4ClH/c2*3-1-2(4)5;;;;/h2*1H2,(H,4,5);4*1H. The van der Waals surface area contributed by atoms with Gasteiger partial charge in [-0.05, 0) is 0 Å². The minimum absolute atomic E-state index is 0. The predicted octanol–water partition coefficient (Wildman–Crippen LogP) is 2.31. The minimum atomic E-state index is -0.980. The molecule has 10 heteroatoms. The Morgan fingerprint density at radius 2 is 0.857 bits per heavy atom. The molecule has 0 amide bonds. The number of alkyl halides is 2. The van der Waals surface area contributed by atoms with Gasteiger partial charge in [0.1, 0.15) is 11.8 Å². The predicted molar refractivity (Wildman–Crippen MR) is 65.7 cm³/mol. The molecular weight excluding hydrogens is 325 g/mol. The highest BCUT2D eigenvalue weighted by Crippen LogP contribution is 1.68. The summed E-state index contributed by atoms with van der Waals surface area (Å²) in [5.74, 6) is -2.57. The second-order valence-corrected chi connectivity index (χ2v) is 1.59. The quantitative estimate of drug-likeness (QED) is 0.760. The van der Waals surface area contributed by atoms with Crippen molar-refractivity contribution in [2.45, 2.75) is 0 Å². The first kappa shape index (κ1) is 36.5. The molecule has 0 aliphatic carbocycles. The van der Waals surface area contributed by atoms with Crippen LogP contribution in [0.1, 0.15) is 0 Å². The van der Waals surface area contributed by atoms with E-state index < -0.39 is 11.9 Å². The molecule has 0 saturated heterocycles. The summed E-state index contributed by atoms with van der Waals surface area (Å²) >= 11 is 9.47. The van der Waals surface area contributed by atoms with Crippen LogP contribution in [0.2, 0.25) is 0 Å². The van der Waals surface area contributed by atoms with Gasteiger partial charge in [-0.25, -0.2) is 0 Å². The Labute approximate surface area is 116 Å². The SMILES string of the molecule is Cl.Cl.Cl.Cl.O=C(O)CCl.O=C(O)CCl. The van der Waals surface area contributed by atoms with Crippen molar-refractivity contribution in [1.29, 1.82) is 0 Å². The summed E-state index contributed by atoms with van der Waals surface area (Å²) < 4.78 is 0. The Hall–Kier alpha value is 0.680. The maximum absolute atomic E-state index is 9.24. The largest absolute Gasteiger partial charge is 0.480 e. The minimum Gasteiger partial charge on any atom is -0.480 e. The first-order valence-corrected chi connectivity index (χ1v) is 3.17. The van der Waals surface area contributed by atoms with Gasteiger partial charge in [0.05, 0.1) is 0 Å². The van der Waals surface area contributed by atoms with E-state index in [1.54, 1.807) is 0 Å². The molecule has 92 valence electrons. The van der Waals surface area contributed by atoms with Crippen molar-refractivity contribution in [2.75, 3.05) is 11.8 Å². The zero-order chi connectivity index (χ0) is 8.57. The van der Waals surface area contributed by atoms with Gasteiger partial charge in [0.15, 0.2) is 0 Å². The highest BCUT2D eigenvalue weighted by atomic mass is 35.5. The van der Waals surface area contributed by atoms with Crippen molar-refractivity contribution >= 4 is 84.8 Å². The van der Waals surface area contributed by atoms with E-state index in [0.717, 1.165) is 0 Å². The van der Waals surface area contributed by atoms with Crippen molar-refractivity contribution in [2.24, 2.45) is 0 Å². The lowest BCUT2D eigenvalue weighted by Gasteiger charge is -1.70. The Morgan fingerprint density at radius 3 is 0.857 bits per heavy atom. The zero-order valence-corrected chi connectivity index (χ0v) is 11.3. The van der Waals surface area contributed by atoms with Crippen molar-refractivity contribution in [3.05, 3.63) is 0 Å². The molecule has 0 aliphatic rings. The van der Waals surface area contributed by atoms with E-state index in [4.69, 9.17) is 33.4 Å². The van der Waals surface area contributed by atoms with E-state index in [2.05, 4.69) is 0 Å². The highest BCUT2D eigenvalue weighted by Gasteiger charge is 1.83. The lowest BCUT2D eigenvalue weighted by atomic mass is 10.8. The third-order valence-electron chi connectivity index (χ3n) is 0.229. The number of halogens is 6. The first-order valence-electron chi connectivity index (χ1n) is 2.10. The van der Waals surface area contributed by atoms with Crippen LogP contribution in [0.4, 0.5) is 0 Å². The Balaban J connectivity index is -0.0000000178. The average Bonchev–Trinajstić information content (AvgIpc) is 1.89. The number of hydrogen-bond acceptors (Lipinski definition) is 2. The van der Waals surface area contributed by atoms with Crippen molar-refractivity contribution in [1.82, 2.24) is 0 Å². The molecule has 0 bridgehead atoms. The van der Waals surface area contributed by atoms with E-state index in [1.807, 2.05) is 0 Å². The molecule has 0 radical (unpaired) electrons. The molecule has 2 N–H and O–H groups in total. The fourth-order valence-corrected chi connectivity index (χ4v) is 0. The van der Waals surface area contributed by atoms with Crippen molar-refractivity contribution in [3.8, 4) is 0 Å². The lowest BCUT2D eigenvalue weighted by molar-refractivity contribution is -0.135. The number of rotatable bonds is 2. The first-order chi connectivity index (χ1) is 4.54. The third-order valence-corrected chi connectivity index (χ3v) is 0.686. The van der Waals surface area contributed by atoms with Crippen LogP contribution in [0.15, 0.2) is 0 Å². The molecule has 0 aliphatic heterocycles. The summed E-state index contributed by atoms with van der Waals surface area (Å²) in [6.45, 7) is 0. The van der Waals surface area contributed by atoms with Gasteiger partial charge in [0, 0.05) is 0 Å². The normalized spacial score (nSPS) is 5.29. The van der Waals surface area contributed by atoms with Gasteiger partial charge >= 0.3 is 11.9 Å². The summed E-state index contributed by atoms with van der Waals surface area (Å²) in [7, 11) is 0. The maximum Gasteiger partial charge on any atom is 0.318 e.